The van der Waals surface area contributed by atoms with Gasteiger partial charge in [-0.05, 0) is 19.9 Å². The van der Waals surface area contributed by atoms with Crippen LogP contribution >= 0.6 is 0 Å². The standard InChI is InChI=1S/C8H10N2O3/c1-5-3-4-9-8(10-5)13-6(2)7(11)12/h3-4,6H,1-2H3,(H,11,12). The van der Waals surface area contributed by atoms with Crippen LogP contribution in [0.3, 0.4) is 0 Å². The zero-order chi connectivity index (χ0) is 9.84. The number of aliphatic carboxylic acids is 1. The number of carbonyl (C=O) groups is 1. The second-order valence-corrected chi connectivity index (χ2v) is 2.58. The molecule has 13 heavy (non-hydrogen) atoms. The van der Waals surface area contributed by atoms with Crippen LogP contribution in [0.2, 0.25) is 0 Å². The SMILES string of the molecule is Cc1ccnc(OC(C)C(=O)O)n1. The van der Waals surface area contributed by atoms with E-state index < -0.39 is 12.1 Å². The smallest absolute Gasteiger partial charge is 0.344 e. The summed E-state index contributed by atoms with van der Waals surface area (Å²) in [5.74, 6) is -1.04. The number of hydrogen-bond acceptors (Lipinski definition) is 4. The van der Waals surface area contributed by atoms with E-state index in [1.54, 1.807) is 13.0 Å². The third kappa shape index (κ3) is 2.70. The van der Waals surface area contributed by atoms with Crippen molar-refractivity contribution in [2.24, 2.45) is 0 Å². The van der Waals surface area contributed by atoms with Gasteiger partial charge in [-0.15, -0.1) is 0 Å². The number of carboxylic acids is 1. The molecule has 5 nitrogen and oxygen atoms in total. The number of nitrogens with zero attached hydrogens (tertiary/aromatic N) is 2. The fraction of sp³-hybridized carbons (Fsp3) is 0.375. The summed E-state index contributed by atoms with van der Waals surface area (Å²) in [6.45, 7) is 3.20. The lowest BCUT2D eigenvalue weighted by atomic mass is 10.4. The number of ether oxygens (including phenoxy) is 1. The van der Waals surface area contributed by atoms with Gasteiger partial charge >= 0.3 is 12.0 Å². The van der Waals surface area contributed by atoms with Crippen LogP contribution in [0.25, 0.3) is 0 Å². The second kappa shape index (κ2) is 3.84. The minimum absolute atomic E-state index is 0.0925. The van der Waals surface area contributed by atoms with E-state index in [0.717, 1.165) is 5.69 Å². The maximum Gasteiger partial charge on any atom is 0.344 e. The van der Waals surface area contributed by atoms with Gasteiger partial charge in [0.15, 0.2) is 6.10 Å². The third-order valence-electron chi connectivity index (χ3n) is 1.40. The Kier molecular flexibility index (Phi) is 2.79. The lowest BCUT2D eigenvalue weighted by Gasteiger charge is -2.07. The molecule has 0 amide bonds. The van der Waals surface area contributed by atoms with E-state index in [1.165, 1.54) is 13.1 Å². The van der Waals surface area contributed by atoms with E-state index in [4.69, 9.17) is 9.84 Å². The quantitative estimate of drug-likeness (QED) is 0.742. The zero-order valence-corrected chi connectivity index (χ0v) is 7.39. The lowest BCUT2D eigenvalue weighted by molar-refractivity contribution is -0.144. The van der Waals surface area contributed by atoms with Crippen molar-refractivity contribution in [2.75, 3.05) is 0 Å². The maximum absolute atomic E-state index is 10.4. The van der Waals surface area contributed by atoms with Crippen LogP contribution in [0.15, 0.2) is 12.3 Å². The van der Waals surface area contributed by atoms with Crippen LogP contribution in [0, 0.1) is 6.92 Å². The summed E-state index contributed by atoms with van der Waals surface area (Å²) in [6.07, 6.45) is 0.591. The molecule has 0 aromatic carbocycles. The largest absolute Gasteiger partial charge is 0.479 e. The van der Waals surface area contributed by atoms with Gasteiger partial charge in [0.1, 0.15) is 0 Å². The highest BCUT2D eigenvalue weighted by Gasteiger charge is 2.13. The van der Waals surface area contributed by atoms with Gasteiger partial charge in [0.2, 0.25) is 0 Å². The number of aromatic nitrogens is 2. The third-order valence-corrected chi connectivity index (χ3v) is 1.40. The molecular formula is C8H10N2O3. The summed E-state index contributed by atoms with van der Waals surface area (Å²) in [7, 11) is 0. The summed E-state index contributed by atoms with van der Waals surface area (Å²) >= 11 is 0. The van der Waals surface area contributed by atoms with Crippen molar-refractivity contribution in [1.29, 1.82) is 0 Å². The Morgan fingerprint density at radius 3 is 2.92 bits per heavy atom. The molecule has 1 aromatic rings. The number of aryl methyl sites for hydroxylation is 1. The molecule has 1 aromatic heterocycles. The van der Waals surface area contributed by atoms with Crippen LogP contribution in [0.4, 0.5) is 0 Å². The van der Waals surface area contributed by atoms with Crippen LogP contribution in [-0.4, -0.2) is 27.1 Å². The molecule has 1 heterocycles. The van der Waals surface area contributed by atoms with Gasteiger partial charge in [-0.2, -0.15) is 0 Å². The van der Waals surface area contributed by atoms with Crippen LogP contribution in [0.1, 0.15) is 12.6 Å². The van der Waals surface area contributed by atoms with Gasteiger partial charge in [0, 0.05) is 11.9 Å². The van der Waals surface area contributed by atoms with E-state index in [1.807, 2.05) is 0 Å². The fourth-order valence-electron chi connectivity index (χ4n) is 0.691. The first-order valence-corrected chi connectivity index (χ1v) is 3.78. The Bertz CT molecular complexity index is 314. The van der Waals surface area contributed by atoms with Crippen molar-refractivity contribution in [3.63, 3.8) is 0 Å². The Morgan fingerprint density at radius 2 is 2.38 bits per heavy atom. The molecule has 5 heteroatoms. The molecule has 0 fully saturated rings. The van der Waals surface area contributed by atoms with Crippen molar-refractivity contribution in [2.45, 2.75) is 20.0 Å². The summed E-state index contributed by atoms with van der Waals surface area (Å²) in [6, 6.07) is 1.80. The molecule has 0 aliphatic heterocycles. The zero-order valence-electron chi connectivity index (χ0n) is 7.39. The highest BCUT2D eigenvalue weighted by molar-refractivity contribution is 5.72. The van der Waals surface area contributed by atoms with Crippen molar-refractivity contribution in [3.8, 4) is 6.01 Å². The second-order valence-electron chi connectivity index (χ2n) is 2.58. The van der Waals surface area contributed by atoms with Crippen molar-refractivity contribution < 1.29 is 14.6 Å². The van der Waals surface area contributed by atoms with Crippen molar-refractivity contribution in [3.05, 3.63) is 18.0 Å². The van der Waals surface area contributed by atoms with Gasteiger partial charge in [-0.1, -0.05) is 0 Å². The highest BCUT2D eigenvalue weighted by atomic mass is 16.5. The first kappa shape index (κ1) is 9.44. The summed E-state index contributed by atoms with van der Waals surface area (Å²) < 4.78 is 4.93. The highest BCUT2D eigenvalue weighted by Crippen LogP contribution is 2.04. The number of rotatable bonds is 3. The van der Waals surface area contributed by atoms with Crippen LogP contribution in [0.5, 0.6) is 6.01 Å². The summed E-state index contributed by atoms with van der Waals surface area (Å²) in [5.41, 5.74) is 0.739. The van der Waals surface area contributed by atoms with Gasteiger partial charge < -0.3 is 9.84 Å². The van der Waals surface area contributed by atoms with E-state index in [2.05, 4.69) is 9.97 Å². The molecule has 0 saturated carbocycles. The minimum atomic E-state index is -1.04. The molecule has 0 spiro atoms. The van der Waals surface area contributed by atoms with Crippen LogP contribution in [-0.2, 0) is 4.79 Å². The van der Waals surface area contributed by atoms with E-state index in [0.29, 0.717) is 0 Å². The average molecular weight is 182 g/mol. The molecule has 70 valence electrons. The topological polar surface area (TPSA) is 72.3 Å². The fourth-order valence-corrected chi connectivity index (χ4v) is 0.691. The first-order chi connectivity index (χ1) is 6.09. The van der Waals surface area contributed by atoms with Crippen LogP contribution < -0.4 is 4.74 Å². The maximum atomic E-state index is 10.4. The van der Waals surface area contributed by atoms with E-state index in [-0.39, 0.29) is 6.01 Å². The molecule has 0 aliphatic carbocycles. The Labute approximate surface area is 75.4 Å². The minimum Gasteiger partial charge on any atom is -0.479 e. The van der Waals surface area contributed by atoms with Crippen molar-refractivity contribution in [1.82, 2.24) is 9.97 Å². The van der Waals surface area contributed by atoms with E-state index in [9.17, 15) is 4.79 Å². The van der Waals surface area contributed by atoms with Gasteiger partial charge in [0.05, 0.1) is 0 Å². The average Bonchev–Trinajstić information content (AvgIpc) is 2.04. The molecule has 0 bridgehead atoms. The molecule has 0 saturated heterocycles. The Balaban J connectivity index is 2.69. The first-order valence-electron chi connectivity index (χ1n) is 3.78. The summed E-state index contributed by atoms with van der Waals surface area (Å²) in [5, 5.41) is 8.53. The number of carboxylic acid groups (broad SMARTS) is 1. The predicted octanol–water partition coefficient (Wildman–Crippen LogP) is 0.637. The Hall–Kier alpha value is -1.65. The monoisotopic (exact) mass is 182 g/mol. The molecule has 0 aliphatic rings. The molecule has 1 unspecified atom stereocenters. The van der Waals surface area contributed by atoms with Crippen molar-refractivity contribution >= 4 is 5.97 Å². The molecular weight excluding hydrogens is 172 g/mol. The summed E-state index contributed by atoms with van der Waals surface area (Å²) in [4.78, 5) is 18.1. The van der Waals surface area contributed by atoms with Gasteiger partial charge in [0.25, 0.3) is 0 Å². The van der Waals surface area contributed by atoms with Gasteiger partial charge in [-0.25, -0.2) is 14.8 Å². The molecule has 1 rings (SSSR count). The predicted molar refractivity (Wildman–Crippen MR) is 44.5 cm³/mol. The van der Waals surface area contributed by atoms with E-state index >= 15 is 0 Å². The number of hydrogen-bond donors (Lipinski definition) is 1. The normalized spacial score (nSPS) is 12.2. The molecule has 1 atom stereocenters. The molecule has 1 N–H and O–H groups in total. The van der Waals surface area contributed by atoms with Gasteiger partial charge in [-0.3, -0.25) is 0 Å². The molecule has 0 radical (unpaired) electrons. The lowest BCUT2D eigenvalue weighted by Crippen LogP contribution is -2.23. The Morgan fingerprint density at radius 1 is 1.69 bits per heavy atom.